The zero-order valence-corrected chi connectivity index (χ0v) is 17.0. The first-order valence-corrected chi connectivity index (χ1v) is 9.24. The van der Waals surface area contributed by atoms with Crippen LogP contribution in [0, 0.1) is 5.82 Å². The predicted molar refractivity (Wildman–Crippen MR) is 99.2 cm³/mol. The van der Waals surface area contributed by atoms with Crippen LogP contribution in [-0.2, 0) is 5.72 Å². The summed E-state index contributed by atoms with van der Waals surface area (Å²) < 4.78 is 21.0. The Bertz CT molecular complexity index is 823. The quantitative estimate of drug-likeness (QED) is 0.711. The van der Waals surface area contributed by atoms with Gasteiger partial charge in [-0.25, -0.2) is 13.9 Å². The Morgan fingerprint density at radius 1 is 1.11 bits per heavy atom. The van der Waals surface area contributed by atoms with E-state index in [1.165, 1.54) is 12.1 Å². The van der Waals surface area contributed by atoms with Crippen molar-refractivity contribution in [2.24, 2.45) is 0 Å². The van der Waals surface area contributed by atoms with E-state index in [0.29, 0.717) is 13.2 Å². The second kappa shape index (κ2) is 7.98. The monoisotopic (exact) mass is 434 g/mol. The highest BCUT2D eigenvalue weighted by Crippen LogP contribution is 2.36. The van der Waals surface area contributed by atoms with Crippen LogP contribution in [-0.4, -0.2) is 35.2 Å². The third-order valence-corrected chi connectivity index (χ3v) is 5.25. The number of hydrogen-bond acceptors (Lipinski definition) is 3. The lowest BCUT2D eigenvalue weighted by atomic mass is 10.0. The van der Waals surface area contributed by atoms with Crippen LogP contribution >= 0.6 is 0 Å². The molecule has 0 bridgehead atoms. The van der Waals surface area contributed by atoms with Gasteiger partial charge < -0.3 is 26.8 Å². The Labute approximate surface area is 169 Å². The minimum atomic E-state index is -1.14. The van der Waals surface area contributed by atoms with E-state index in [0.717, 1.165) is 48.6 Å². The van der Waals surface area contributed by atoms with E-state index in [-0.39, 0.29) is 22.8 Å². The molecule has 0 fully saturated rings. The van der Waals surface area contributed by atoms with Gasteiger partial charge >= 0.3 is 0 Å². The van der Waals surface area contributed by atoms with Crippen molar-refractivity contribution in [3.05, 3.63) is 59.9 Å². The van der Waals surface area contributed by atoms with Crippen molar-refractivity contribution in [2.45, 2.75) is 31.9 Å². The summed E-state index contributed by atoms with van der Waals surface area (Å²) in [5.74, 6) is 1.68. The SMILES string of the molecule is CCOc1ccc(N2CC(O)(c3ccc(F)cc3)[N+]3=C2CCCC3)cc1.[Br-]. The maximum Gasteiger partial charge on any atom is 0.271 e. The van der Waals surface area contributed by atoms with Crippen LogP contribution in [0.15, 0.2) is 48.5 Å². The third-order valence-electron chi connectivity index (χ3n) is 5.25. The first kappa shape index (κ1) is 19.8. The van der Waals surface area contributed by atoms with E-state index in [4.69, 9.17) is 4.74 Å². The molecule has 144 valence electrons. The van der Waals surface area contributed by atoms with Crippen molar-refractivity contribution < 1.29 is 35.8 Å². The first-order valence-electron chi connectivity index (χ1n) is 9.24. The van der Waals surface area contributed by atoms with Crippen LogP contribution < -0.4 is 26.6 Å². The number of hydrogen-bond donors (Lipinski definition) is 1. The standard InChI is InChI=1S/C21H24FN2O2.BrH/c1-2-26-19-12-10-18(11-13-19)23-15-21(25,16-6-8-17(22)9-7-16)24-14-4-3-5-20(23)24;/h6-13,25H,2-5,14-15H2,1H3;1H/q+1;/p-1. The Morgan fingerprint density at radius 2 is 1.81 bits per heavy atom. The maximum absolute atomic E-state index is 13.4. The van der Waals surface area contributed by atoms with E-state index < -0.39 is 5.72 Å². The molecule has 4 nitrogen and oxygen atoms in total. The highest BCUT2D eigenvalue weighted by atomic mass is 79.9. The highest BCUT2D eigenvalue weighted by molar-refractivity contribution is 5.96. The second-order valence-electron chi connectivity index (χ2n) is 6.86. The number of benzene rings is 2. The molecule has 0 radical (unpaired) electrons. The molecule has 2 heterocycles. The summed E-state index contributed by atoms with van der Waals surface area (Å²) in [4.78, 5) is 2.18. The molecule has 2 aromatic carbocycles. The first-order chi connectivity index (χ1) is 12.6. The largest absolute Gasteiger partial charge is 1.00 e. The average molecular weight is 435 g/mol. The van der Waals surface area contributed by atoms with Gasteiger partial charge in [0.1, 0.15) is 17.3 Å². The molecule has 1 N–H and O–H groups in total. The molecule has 1 unspecified atom stereocenters. The summed E-state index contributed by atoms with van der Waals surface area (Å²) in [6.45, 7) is 3.84. The van der Waals surface area contributed by atoms with Crippen molar-refractivity contribution in [3.8, 4) is 5.75 Å². The van der Waals surface area contributed by atoms with Crippen LogP contribution in [0.3, 0.4) is 0 Å². The Morgan fingerprint density at radius 3 is 2.48 bits per heavy atom. The van der Waals surface area contributed by atoms with Crippen molar-refractivity contribution >= 4 is 11.5 Å². The third kappa shape index (κ3) is 3.60. The summed E-state index contributed by atoms with van der Waals surface area (Å²) in [6, 6.07) is 14.2. The number of halogens is 2. The van der Waals surface area contributed by atoms with Crippen LogP contribution in [0.1, 0.15) is 31.7 Å². The van der Waals surface area contributed by atoms with Crippen molar-refractivity contribution in [1.29, 1.82) is 0 Å². The molecule has 27 heavy (non-hydrogen) atoms. The maximum atomic E-state index is 13.4. The van der Waals surface area contributed by atoms with E-state index in [9.17, 15) is 9.50 Å². The molecular weight excluding hydrogens is 411 g/mol. The number of ether oxygens (including phenoxy) is 1. The van der Waals surface area contributed by atoms with Gasteiger partial charge in [-0.3, -0.25) is 0 Å². The lowest BCUT2D eigenvalue weighted by Gasteiger charge is -2.24. The van der Waals surface area contributed by atoms with Gasteiger partial charge in [-0.1, -0.05) is 0 Å². The Balaban J connectivity index is 0.00000210. The van der Waals surface area contributed by atoms with Gasteiger partial charge in [-0.15, -0.1) is 0 Å². The van der Waals surface area contributed by atoms with Gasteiger partial charge in [0.25, 0.3) is 11.6 Å². The summed E-state index contributed by atoms with van der Waals surface area (Å²) >= 11 is 0. The molecular formula is C21H24BrFN2O2. The summed E-state index contributed by atoms with van der Waals surface area (Å²) in [7, 11) is 0. The van der Waals surface area contributed by atoms with E-state index >= 15 is 0 Å². The lowest BCUT2D eigenvalue weighted by molar-refractivity contribution is -0.661. The molecule has 0 amide bonds. The Hall–Kier alpha value is -1.92. The number of amidine groups is 1. The molecule has 2 aliphatic rings. The van der Waals surface area contributed by atoms with Crippen LogP contribution in [0.4, 0.5) is 10.1 Å². The van der Waals surface area contributed by atoms with Crippen molar-refractivity contribution in [1.82, 2.24) is 0 Å². The van der Waals surface area contributed by atoms with Crippen LogP contribution in [0.2, 0.25) is 0 Å². The molecule has 0 spiro atoms. The van der Waals surface area contributed by atoms with Gasteiger partial charge in [0, 0.05) is 12.0 Å². The molecule has 6 heteroatoms. The normalized spacial score (nSPS) is 21.7. The minimum Gasteiger partial charge on any atom is -1.00 e. The summed E-state index contributed by atoms with van der Waals surface area (Å²) in [5, 5.41) is 11.5. The molecule has 0 aromatic heterocycles. The van der Waals surface area contributed by atoms with E-state index in [1.54, 1.807) is 12.1 Å². The van der Waals surface area contributed by atoms with Gasteiger partial charge in [0.05, 0.1) is 13.2 Å². The van der Waals surface area contributed by atoms with E-state index in [2.05, 4.69) is 9.48 Å². The number of β-amino-alcohol motifs (C(OH)–C–C–N with tert-alkyl or cyclic N) is 1. The molecule has 0 saturated heterocycles. The predicted octanol–water partition coefficient (Wildman–Crippen LogP) is 0.489. The average Bonchev–Trinajstić information content (AvgIpc) is 2.98. The topological polar surface area (TPSA) is 35.7 Å². The number of aliphatic hydroxyl groups is 1. The van der Waals surface area contributed by atoms with Gasteiger partial charge in [0.2, 0.25) is 0 Å². The zero-order valence-electron chi connectivity index (χ0n) is 15.4. The summed E-state index contributed by atoms with van der Waals surface area (Å²) in [6.07, 6.45) is 3.08. The molecule has 0 saturated carbocycles. The molecule has 4 rings (SSSR count). The summed E-state index contributed by atoms with van der Waals surface area (Å²) in [5.41, 5.74) is 0.627. The minimum absolute atomic E-state index is 0. The van der Waals surface area contributed by atoms with Crippen LogP contribution in [0.25, 0.3) is 0 Å². The highest BCUT2D eigenvalue weighted by Gasteiger charge is 2.52. The fourth-order valence-corrected chi connectivity index (χ4v) is 3.99. The van der Waals surface area contributed by atoms with Crippen LogP contribution in [0.5, 0.6) is 5.75 Å². The number of anilines is 1. The molecule has 2 aliphatic heterocycles. The smallest absolute Gasteiger partial charge is 0.271 e. The fourth-order valence-electron chi connectivity index (χ4n) is 3.99. The number of nitrogens with zero attached hydrogens (tertiary/aromatic N) is 2. The Kier molecular flexibility index (Phi) is 5.86. The molecule has 0 aliphatic carbocycles. The van der Waals surface area contributed by atoms with Gasteiger partial charge in [-0.05, 0) is 68.3 Å². The lowest BCUT2D eigenvalue weighted by Crippen LogP contribution is -3.00. The number of rotatable bonds is 4. The molecule has 2 aromatic rings. The second-order valence-corrected chi connectivity index (χ2v) is 6.86. The van der Waals surface area contributed by atoms with Crippen molar-refractivity contribution in [2.75, 3.05) is 24.6 Å². The van der Waals surface area contributed by atoms with Gasteiger partial charge in [0.15, 0.2) is 6.54 Å². The molecule has 1 atom stereocenters. The van der Waals surface area contributed by atoms with Gasteiger partial charge in [-0.2, -0.15) is 0 Å². The zero-order chi connectivity index (χ0) is 18.1. The fraction of sp³-hybridized carbons (Fsp3) is 0.381. The van der Waals surface area contributed by atoms with E-state index in [1.807, 2.05) is 31.2 Å². The van der Waals surface area contributed by atoms with Crippen molar-refractivity contribution in [3.63, 3.8) is 0 Å².